The van der Waals surface area contributed by atoms with Crippen molar-refractivity contribution in [1.82, 2.24) is 4.98 Å². The Labute approximate surface area is 123 Å². The fraction of sp³-hybridized carbons (Fsp3) is 0.0714. The van der Waals surface area contributed by atoms with E-state index in [4.69, 9.17) is 11.6 Å². The number of aromatic nitrogens is 1. The third-order valence-corrected chi connectivity index (χ3v) is 3.80. The van der Waals surface area contributed by atoms with E-state index in [0.29, 0.717) is 32.4 Å². The highest BCUT2D eigenvalue weighted by molar-refractivity contribution is 6.40. The van der Waals surface area contributed by atoms with E-state index in [9.17, 15) is 15.0 Å². The lowest BCUT2D eigenvalue weighted by atomic mass is 10.1. The molecule has 0 fully saturated rings. The molecule has 0 atom stereocenters. The number of pyridine rings is 1. The number of benzene rings is 2. The van der Waals surface area contributed by atoms with Gasteiger partial charge in [0.15, 0.2) is 0 Å². The SMILES string of the molecule is Cc1c([N+](=O)[O-])ccc2c(Cl)c3ccc(N=O)cc3nc12. The second-order valence-electron chi connectivity index (χ2n) is 4.58. The maximum atomic E-state index is 11.0. The Morgan fingerprint density at radius 2 is 1.95 bits per heavy atom. The van der Waals surface area contributed by atoms with Crippen LogP contribution >= 0.6 is 11.6 Å². The van der Waals surface area contributed by atoms with Crippen molar-refractivity contribution in [3.63, 3.8) is 0 Å². The maximum Gasteiger partial charge on any atom is 0.274 e. The lowest BCUT2D eigenvalue weighted by Gasteiger charge is -2.08. The van der Waals surface area contributed by atoms with Crippen LogP contribution in [0.5, 0.6) is 0 Å². The Hall–Kier alpha value is -2.60. The molecule has 0 aliphatic heterocycles. The summed E-state index contributed by atoms with van der Waals surface area (Å²) in [6, 6.07) is 7.72. The average Bonchev–Trinajstić information content (AvgIpc) is 2.47. The van der Waals surface area contributed by atoms with Gasteiger partial charge in [-0.05, 0) is 36.4 Å². The molecule has 3 rings (SSSR count). The zero-order valence-corrected chi connectivity index (χ0v) is 11.6. The zero-order valence-electron chi connectivity index (χ0n) is 10.8. The second kappa shape index (κ2) is 4.75. The van der Waals surface area contributed by atoms with Gasteiger partial charge in [0.25, 0.3) is 5.69 Å². The summed E-state index contributed by atoms with van der Waals surface area (Å²) in [5, 5.41) is 15.6. The van der Waals surface area contributed by atoms with E-state index >= 15 is 0 Å². The van der Waals surface area contributed by atoms with Crippen LogP contribution < -0.4 is 0 Å². The summed E-state index contributed by atoms with van der Waals surface area (Å²) in [4.78, 5) is 25.6. The number of nitro groups is 1. The molecule has 0 bridgehead atoms. The van der Waals surface area contributed by atoms with Crippen molar-refractivity contribution >= 4 is 44.8 Å². The molecule has 0 unspecified atom stereocenters. The van der Waals surface area contributed by atoms with E-state index in [1.54, 1.807) is 25.1 Å². The van der Waals surface area contributed by atoms with Crippen LogP contribution in [0.1, 0.15) is 5.56 Å². The third-order valence-electron chi connectivity index (χ3n) is 3.39. The predicted octanol–water partition coefficient (Wildman–Crippen LogP) is 4.66. The van der Waals surface area contributed by atoms with Crippen molar-refractivity contribution in [3.05, 3.63) is 55.9 Å². The first kappa shape index (κ1) is 13.4. The minimum atomic E-state index is -0.460. The molecule has 0 spiro atoms. The van der Waals surface area contributed by atoms with Gasteiger partial charge in [-0.1, -0.05) is 11.6 Å². The van der Waals surface area contributed by atoms with Crippen molar-refractivity contribution in [1.29, 1.82) is 0 Å². The second-order valence-corrected chi connectivity index (χ2v) is 4.96. The van der Waals surface area contributed by atoms with Crippen molar-refractivity contribution in [2.24, 2.45) is 5.18 Å². The number of fused-ring (bicyclic) bond motifs is 2. The first-order valence-corrected chi connectivity index (χ1v) is 6.41. The highest BCUT2D eigenvalue weighted by Gasteiger charge is 2.17. The van der Waals surface area contributed by atoms with E-state index < -0.39 is 4.92 Å². The standard InChI is InChI=1S/C14H8ClN3O3/c1-7-12(18(20)21)5-4-10-13(15)9-3-2-8(17-19)6-11(9)16-14(7)10/h2-6H,1H3. The highest BCUT2D eigenvalue weighted by atomic mass is 35.5. The first-order chi connectivity index (χ1) is 10.0. The molecule has 104 valence electrons. The highest BCUT2D eigenvalue weighted by Crippen LogP contribution is 2.35. The molecule has 0 aliphatic carbocycles. The molecule has 0 saturated carbocycles. The molecule has 0 saturated heterocycles. The summed E-state index contributed by atoms with van der Waals surface area (Å²) in [5.41, 5.74) is 1.58. The number of nitroso groups, excluding NO2 is 1. The smallest absolute Gasteiger partial charge is 0.258 e. The minimum absolute atomic E-state index is 0.0184. The van der Waals surface area contributed by atoms with Gasteiger partial charge in [-0.15, -0.1) is 4.91 Å². The Morgan fingerprint density at radius 1 is 1.24 bits per heavy atom. The van der Waals surface area contributed by atoms with Crippen molar-refractivity contribution in [2.75, 3.05) is 0 Å². The lowest BCUT2D eigenvalue weighted by Crippen LogP contribution is -1.95. The molecule has 7 heteroatoms. The number of hydrogen-bond donors (Lipinski definition) is 0. The number of nitrogens with zero attached hydrogens (tertiary/aromatic N) is 3. The molecule has 0 aliphatic rings. The summed E-state index contributed by atoms with van der Waals surface area (Å²) in [5.74, 6) is 0. The largest absolute Gasteiger partial charge is 0.274 e. The Kier molecular flexibility index (Phi) is 3.03. The molecular formula is C14H8ClN3O3. The van der Waals surface area contributed by atoms with E-state index in [1.807, 2.05) is 0 Å². The van der Waals surface area contributed by atoms with E-state index in [-0.39, 0.29) is 11.4 Å². The van der Waals surface area contributed by atoms with Crippen molar-refractivity contribution < 1.29 is 4.92 Å². The third kappa shape index (κ3) is 2.00. The number of nitro benzene ring substituents is 1. The molecule has 0 radical (unpaired) electrons. The molecule has 0 amide bonds. The van der Waals surface area contributed by atoms with Gasteiger partial charge in [0.2, 0.25) is 0 Å². The van der Waals surface area contributed by atoms with Crippen LogP contribution in [0.25, 0.3) is 21.8 Å². The van der Waals surface area contributed by atoms with Crippen LogP contribution in [0.4, 0.5) is 11.4 Å². The van der Waals surface area contributed by atoms with Crippen LogP contribution in [-0.4, -0.2) is 9.91 Å². The summed E-state index contributed by atoms with van der Waals surface area (Å²) >= 11 is 6.36. The van der Waals surface area contributed by atoms with Gasteiger partial charge in [-0.3, -0.25) is 10.1 Å². The number of halogens is 1. The topological polar surface area (TPSA) is 85.5 Å². The predicted molar refractivity (Wildman–Crippen MR) is 81.1 cm³/mol. The summed E-state index contributed by atoms with van der Waals surface area (Å²) in [6.07, 6.45) is 0. The van der Waals surface area contributed by atoms with Crippen LogP contribution in [0.2, 0.25) is 5.02 Å². The van der Waals surface area contributed by atoms with Crippen molar-refractivity contribution in [2.45, 2.75) is 6.92 Å². The maximum absolute atomic E-state index is 11.0. The van der Waals surface area contributed by atoms with Crippen LogP contribution in [0.15, 0.2) is 35.5 Å². The molecule has 21 heavy (non-hydrogen) atoms. The molecule has 1 heterocycles. The minimum Gasteiger partial charge on any atom is -0.258 e. The van der Waals surface area contributed by atoms with Gasteiger partial charge < -0.3 is 0 Å². The van der Waals surface area contributed by atoms with Gasteiger partial charge in [0.05, 0.1) is 26.5 Å². The molecule has 1 aromatic heterocycles. The Balaban J connectivity index is 2.47. The lowest BCUT2D eigenvalue weighted by molar-refractivity contribution is -0.385. The van der Waals surface area contributed by atoms with Gasteiger partial charge in [0.1, 0.15) is 5.69 Å². The van der Waals surface area contributed by atoms with E-state index in [2.05, 4.69) is 10.2 Å². The molecule has 6 nitrogen and oxygen atoms in total. The van der Waals surface area contributed by atoms with E-state index in [1.165, 1.54) is 12.1 Å². The molecule has 3 aromatic rings. The Bertz CT molecular complexity index is 924. The van der Waals surface area contributed by atoms with Gasteiger partial charge in [-0.25, -0.2) is 4.98 Å². The fourth-order valence-electron chi connectivity index (χ4n) is 2.33. The van der Waals surface area contributed by atoms with Crippen LogP contribution in [-0.2, 0) is 0 Å². The monoisotopic (exact) mass is 301 g/mol. The van der Waals surface area contributed by atoms with Crippen LogP contribution in [0, 0.1) is 21.9 Å². The Morgan fingerprint density at radius 3 is 2.62 bits per heavy atom. The fourth-order valence-corrected chi connectivity index (χ4v) is 2.64. The molecule has 2 aromatic carbocycles. The molecule has 0 N–H and O–H groups in total. The molecular weight excluding hydrogens is 294 g/mol. The number of rotatable bonds is 2. The average molecular weight is 302 g/mol. The number of hydrogen-bond acceptors (Lipinski definition) is 5. The van der Waals surface area contributed by atoms with Gasteiger partial charge in [-0.2, -0.15) is 0 Å². The summed E-state index contributed by atoms with van der Waals surface area (Å²) in [6.45, 7) is 1.62. The normalized spacial score (nSPS) is 11.0. The zero-order chi connectivity index (χ0) is 15.1. The number of aryl methyl sites for hydroxylation is 1. The van der Waals surface area contributed by atoms with Gasteiger partial charge >= 0.3 is 0 Å². The first-order valence-electron chi connectivity index (χ1n) is 6.03. The van der Waals surface area contributed by atoms with Crippen LogP contribution in [0.3, 0.4) is 0 Å². The van der Waals surface area contributed by atoms with Crippen molar-refractivity contribution in [3.8, 4) is 0 Å². The quantitative estimate of drug-likeness (QED) is 0.298. The summed E-state index contributed by atoms with van der Waals surface area (Å²) in [7, 11) is 0. The van der Waals surface area contributed by atoms with E-state index in [0.717, 1.165) is 0 Å². The van der Waals surface area contributed by atoms with Gasteiger partial charge in [0, 0.05) is 16.8 Å². The summed E-state index contributed by atoms with van der Waals surface area (Å²) < 4.78 is 0.